The molecule has 1 heterocycles. The second-order valence-electron chi connectivity index (χ2n) is 6.40. The number of hydrogen-bond acceptors (Lipinski definition) is 2. The van der Waals surface area contributed by atoms with Gasteiger partial charge in [-0.15, -0.1) is 0 Å². The smallest absolute Gasteiger partial charge is 0.305 e. The minimum atomic E-state index is -0.811. The molecule has 104 valence electrons. The predicted molar refractivity (Wildman–Crippen MR) is 70.3 cm³/mol. The van der Waals surface area contributed by atoms with Crippen LogP contribution in [0.25, 0.3) is 0 Å². The number of carbonyl (C=O) groups is 2. The maximum atomic E-state index is 12.1. The molecule has 1 atom stereocenters. The fourth-order valence-corrected chi connectivity index (χ4v) is 2.49. The van der Waals surface area contributed by atoms with Gasteiger partial charge in [0.25, 0.3) is 0 Å². The van der Waals surface area contributed by atoms with E-state index in [4.69, 9.17) is 5.11 Å². The molecule has 1 aliphatic rings. The van der Waals surface area contributed by atoms with Gasteiger partial charge in [0.1, 0.15) is 0 Å². The Hall–Kier alpha value is -1.06. The molecule has 0 bridgehead atoms. The van der Waals surface area contributed by atoms with Crippen LogP contribution in [0.1, 0.15) is 59.3 Å². The SMILES string of the molecule is CC(C)(C)CCCC(=O)N1CCCC1CC(=O)O. The zero-order valence-electron chi connectivity index (χ0n) is 11.7. The van der Waals surface area contributed by atoms with Gasteiger partial charge in [-0.1, -0.05) is 20.8 Å². The van der Waals surface area contributed by atoms with Gasteiger partial charge in [0.2, 0.25) is 5.91 Å². The number of nitrogens with zero attached hydrogens (tertiary/aromatic N) is 1. The lowest BCUT2D eigenvalue weighted by atomic mass is 9.90. The summed E-state index contributed by atoms with van der Waals surface area (Å²) in [5, 5.41) is 8.82. The first-order valence-corrected chi connectivity index (χ1v) is 6.81. The Morgan fingerprint density at radius 3 is 2.56 bits per heavy atom. The van der Waals surface area contributed by atoms with Gasteiger partial charge in [0.15, 0.2) is 0 Å². The fraction of sp³-hybridized carbons (Fsp3) is 0.857. The molecule has 0 aromatic carbocycles. The van der Waals surface area contributed by atoms with E-state index in [1.54, 1.807) is 4.90 Å². The largest absolute Gasteiger partial charge is 0.481 e. The van der Waals surface area contributed by atoms with Crippen molar-refractivity contribution in [1.29, 1.82) is 0 Å². The van der Waals surface area contributed by atoms with Gasteiger partial charge in [-0.25, -0.2) is 0 Å². The second-order valence-corrected chi connectivity index (χ2v) is 6.40. The van der Waals surface area contributed by atoms with E-state index in [9.17, 15) is 9.59 Å². The number of hydrogen-bond donors (Lipinski definition) is 1. The Labute approximate surface area is 109 Å². The first-order valence-electron chi connectivity index (χ1n) is 6.81. The van der Waals surface area contributed by atoms with E-state index in [1.807, 2.05) is 0 Å². The van der Waals surface area contributed by atoms with E-state index in [-0.39, 0.29) is 23.8 Å². The van der Waals surface area contributed by atoms with Crippen LogP contribution in [0, 0.1) is 5.41 Å². The molecule has 0 aromatic rings. The summed E-state index contributed by atoms with van der Waals surface area (Å²) in [6, 6.07) is -0.0790. The molecule has 0 aliphatic carbocycles. The van der Waals surface area contributed by atoms with Crippen LogP contribution in [0.4, 0.5) is 0 Å². The van der Waals surface area contributed by atoms with E-state index in [0.717, 1.165) is 32.2 Å². The van der Waals surface area contributed by atoms with Crippen LogP contribution in [0.2, 0.25) is 0 Å². The molecule has 0 saturated carbocycles. The van der Waals surface area contributed by atoms with Crippen molar-refractivity contribution in [2.75, 3.05) is 6.54 Å². The number of rotatable bonds is 5. The van der Waals surface area contributed by atoms with E-state index in [2.05, 4.69) is 20.8 Å². The monoisotopic (exact) mass is 255 g/mol. The Bertz CT molecular complexity index is 307. The fourth-order valence-electron chi connectivity index (χ4n) is 2.49. The van der Waals surface area contributed by atoms with Crippen molar-refractivity contribution < 1.29 is 14.7 Å². The number of amides is 1. The average molecular weight is 255 g/mol. The number of carboxylic acid groups (broad SMARTS) is 1. The zero-order chi connectivity index (χ0) is 13.8. The summed E-state index contributed by atoms with van der Waals surface area (Å²) in [6.45, 7) is 7.23. The highest BCUT2D eigenvalue weighted by atomic mass is 16.4. The molecule has 4 heteroatoms. The molecule has 1 N–H and O–H groups in total. The summed E-state index contributed by atoms with van der Waals surface area (Å²) < 4.78 is 0. The summed E-state index contributed by atoms with van der Waals surface area (Å²) in [5.41, 5.74) is 0.256. The van der Waals surface area contributed by atoms with Crippen molar-refractivity contribution in [1.82, 2.24) is 4.90 Å². The van der Waals surface area contributed by atoms with Crippen LogP contribution in [-0.4, -0.2) is 34.5 Å². The number of carboxylic acids is 1. The Morgan fingerprint density at radius 1 is 1.33 bits per heavy atom. The van der Waals surface area contributed by atoms with E-state index < -0.39 is 5.97 Å². The van der Waals surface area contributed by atoms with Crippen LogP contribution in [0.15, 0.2) is 0 Å². The quantitative estimate of drug-likeness (QED) is 0.821. The van der Waals surface area contributed by atoms with Crippen LogP contribution in [0.3, 0.4) is 0 Å². The summed E-state index contributed by atoms with van der Waals surface area (Å²) >= 11 is 0. The van der Waals surface area contributed by atoms with Gasteiger partial charge in [-0.05, 0) is 31.1 Å². The number of likely N-dealkylation sites (tertiary alicyclic amines) is 1. The molecule has 0 radical (unpaired) electrons. The van der Waals surface area contributed by atoms with Crippen LogP contribution < -0.4 is 0 Å². The third kappa shape index (κ3) is 5.07. The summed E-state index contributed by atoms with van der Waals surface area (Å²) in [4.78, 5) is 24.6. The Kier molecular flexibility index (Phi) is 5.17. The topological polar surface area (TPSA) is 57.6 Å². The van der Waals surface area contributed by atoms with Gasteiger partial charge >= 0.3 is 5.97 Å². The first kappa shape index (κ1) is 15.0. The van der Waals surface area contributed by atoms with Gasteiger partial charge in [-0.2, -0.15) is 0 Å². The molecule has 0 spiro atoms. The van der Waals surface area contributed by atoms with Crippen molar-refractivity contribution in [3.05, 3.63) is 0 Å². The number of carbonyl (C=O) groups excluding carboxylic acids is 1. The normalized spacial score (nSPS) is 20.2. The molecule has 18 heavy (non-hydrogen) atoms. The summed E-state index contributed by atoms with van der Waals surface area (Å²) in [5.74, 6) is -0.683. The molecule has 1 amide bonds. The van der Waals surface area contributed by atoms with E-state index >= 15 is 0 Å². The molecule has 0 aromatic heterocycles. The van der Waals surface area contributed by atoms with Crippen molar-refractivity contribution in [3.63, 3.8) is 0 Å². The van der Waals surface area contributed by atoms with E-state index in [0.29, 0.717) is 6.42 Å². The van der Waals surface area contributed by atoms with Gasteiger partial charge in [0.05, 0.1) is 6.42 Å². The molecule has 1 fully saturated rings. The summed E-state index contributed by atoms with van der Waals surface area (Å²) in [7, 11) is 0. The standard InChI is InChI=1S/C14H25NO3/c1-14(2,3)8-4-7-12(16)15-9-5-6-11(15)10-13(17)18/h11H,4-10H2,1-3H3,(H,17,18). The Morgan fingerprint density at radius 2 is 2.00 bits per heavy atom. The van der Waals surface area contributed by atoms with Crippen LogP contribution in [-0.2, 0) is 9.59 Å². The van der Waals surface area contributed by atoms with Crippen molar-refractivity contribution >= 4 is 11.9 Å². The highest BCUT2D eigenvalue weighted by Crippen LogP contribution is 2.24. The molecule has 1 unspecified atom stereocenters. The van der Waals surface area contributed by atoms with E-state index in [1.165, 1.54) is 0 Å². The Balaban J connectivity index is 2.38. The maximum Gasteiger partial charge on any atom is 0.305 e. The van der Waals surface area contributed by atoms with Crippen molar-refractivity contribution in [3.8, 4) is 0 Å². The first-order chi connectivity index (χ1) is 8.29. The second kappa shape index (κ2) is 6.21. The number of aliphatic carboxylic acids is 1. The average Bonchev–Trinajstić information content (AvgIpc) is 2.62. The third-order valence-electron chi connectivity index (χ3n) is 3.43. The molecule has 1 rings (SSSR count). The lowest BCUT2D eigenvalue weighted by Gasteiger charge is -2.24. The highest BCUT2D eigenvalue weighted by molar-refractivity contribution is 5.78. The molecular formula is C14H25NO3. The minimum Gasteiger partial charge on any atom is -0.481 e. The van der Waals surface area contributed by atoms with Crippen molar-refractivity contribution in [2.24, 2.45) is 5.41 Å². The highest BCUT2D eigenvalue weighted by Gasteiger charge is 2.29. The molecular weight excluding hydrogens is 230 g/mol. The third-order valence-corrected chi connectivity index (χ3v) is 3.43. The predicted octanol–water partition coefficient (Wildman–Crippen LogP) is 2.67. The molecule has 1 aliphatic heterocycles. The minimum absolute atomic E-state index is 0.0790. The zero-order valence-corrected chi connectivity index (χ0v) is 11.7. The molecule has 1 saturated heterocycles. The maximum absolute atomic E-state index is 12.1. The lowest BCUT2D eigenvalue weighted by molar-refractivity contribution is -0.139. The summed E-state index contributed by atoms with van der Waals surface area (Å²) in [6.07, 6.45) is 4.31. The van der Waals surface area contributed by atoms with Gasteiger partial charge < -0.3 is 10.0 Å². The van der Waals surface area contributed by atoms with Gasteiger partial charge in [0, 0.05) is 19.0 Å². The van der Waals surface area contributed by atoms with Crippen LogP contribution in [0.5, 0.6) is 0 Å². The molecule has 4 nitrogen and oxygen atoms in total. The van der Waals surface area contributed by atoms with Crippen LogP contribution >= 0.6 is 0 Å². The van der Waals surface area contributed by atoms with Crippen molar-refractivity contribution in [2.45, 2.75) is 65.3 Å². The van der Waals surface area contributed by atoms with Gasteiger partial charge in [-0.3, -0.25) is 9.59 Å². The lowest BCUT2D eigenvalue weighted by Crippen LogP contribution is -2.36.